The standard InChI is InChI=1S/C21H30O6/c1-19-5-3-11(23)7-14(19)15(24)8-12-13-4-6-21(27,17(26)10-22)20(13,2)9-16(25)18(12)19/h7,12-13,15-16,18,22,24-25,27H,3-6,8-10H2,1-2H3/t12-,13-,15-,16-,18+,19-,20-,21-/m1/s1. The number of aliphatic hydroxyl groups excluding tert-OH is 3. The van der Waals surface area contributed by atoms with Crippen molar-refractivity contribution in [2.24, 2.45) is 28.6 Å². The van der Waals surface area contributed by atoms with Gasteiger partial charge in [-0.05, 0) is 66.9 Å². The fourth-order valence-corrected chi connectivity index (χ4v) is 7.33. The molecule has 6 heteroatoms. The van der Waals surface area contributed by atoms with E-state index < -0.39 is 41.0 Å². The van der Waals surface area contributed by atoms with Crippen LogP contribution in [-0.4, -0.2) is 56.4 Å². The molecule has 6 nitrogen and oxygen atoms in total. The van der Waals surface area contributed by atoms with Gasteiger partial charge < -0.3 is 20.4 Å². The number of fused-ring (bicyclic) bond motifs is 5. The number of rotatable bonds is 2. The molecule has 0 aromatic heterocycles. The first-order chi connectivity index (χ1) is 12.6. The topological polar surface area (TPSA) is 115 Å². The smallest absolute Gasteiger partial charge is 0.190 e. The number of carbonyl (C=O) groups is 2. The van der Waals surface area contributed by atoms with E-state index in [0.29, 0.717) is 25.7 Å². The van der Waals surface area contributed by atoms with Crippen LogP contribution in [-0.2, 0) is 9.59 Å². The van der Waals surface area contributed by atoms with Crippen molar-refractivity contribution in [3.05, 3.63) is 11.6 Å². The van der Waals surface area contributed by atoms with Gasteiger partial charge in [-0.15, -0.1) is 0 Å². The average molecular weight is 378 g/mol. The molecule has 4 N–H and O–H groups in total. The highest BCUT2D eigenvalue weighted by Gasteiger charge is 2.68. The van der Waals surface area contributed by atoms with E-state index in [9.17, 15) is 30.0 Å². The molecule has 27 heavy (non-hydrogen) atoms. The van der Waals surface area contributed by atoms with Gasteiger partial charge in [0.05, 0.1) is 12.2 Å². The molecular formula is C21H30O6. The summed E-state index contributed by atoms with van der Waals surface area (Å²) in [5.41, 5.74) is -2.17. The predicted molar refractivity (Wildman–Crippen MR) is 96.5 cm³/mol. The molecule has 0 aliphatic heterocycles. The van der Waals surface area contributed by atoms with Gasteiger partial charge >= 0.3 is 0 Å². The summed E-state index contributed by atoms with van der Waals surface area (Å²) in [6, 6.07) is 0. The van der Waals surface area contributed by atoms with E-state index in [0.717, 1.165) is 5.57 Å². The number of carbonyl (C=O) groups excluding carboxylic acids is 2. The van der Waals surface area contributed by atoms with Crippen molar-refractivity contribution in [2.75, 3.05) is 6.61 Å². The molecule has 0 saturated heterocycles. The normalized spacial score (nSPS) is 51.9. The van der Waals surface area contributed by atoms with Gasteiger partial charge in [-0.3, -0.25) is 9.59 Å². The van der Waals surface area contributed by atoms with Crippen LogP contribution in [0.3, 0.4) is 0 Å². The van der Waals surface area contributed by atoms with Crippen molar-refractivity contribution in [3.63, 3.8) is 0 Å². The quantitative estimate of drug-likeness (QED) is 0.564. The summed E-state index contributed by atoms with van der Waals surface area (Å²) < 4.78 is 0. The Bertz CT molecular complexity index is 715. The van der Waals surface area contributed by atoms with Crippen molar-refractivity contribution in [2.45, 2.75) is 70.2 Å². The maximum absolute atomic E-state index is 12.4. The van der Waals surface area contributed by atoms with E-state index in [-0.39, 0.29) is 36.4 Å². The molecule has 4 rings (SSSR count). The van der Waals surface area contributed by atoms with Gasteiger partial charge in [0.1, 0.15) is 12.2 Å². The summed E-state index contributed by atoms with van der Waals surface area (Å²) in [7, 11) is 0. The molecule has 0 spiro atoms. The Labute approximate surface area is 159 Å². The van der Waals surface area contributed by atoms with Crippen LogP contribution < -0.4 is 0 Å². The minimum atomic E-state index is -1.64. The average Bonchev–Trinajstić information content (AvgIpc) is 2.87. The van der Waals surface area contributed by atoms with Crippen molar-refractivity contribution >= 4 is 11.6 Å². The predicted octanol–water partition coefficient (Wildman–Crippen LogP) is 0.752. The van der Waals surface area contributed by atoms with Gasteiger partial charge in [-0.25, -0.2) is 0 Å². The molecule has 3 fully saturated rings. The molecule has 4 aliphatic rings. The summed E-state index contributed by atoms with van der Waals surface area (Å²) in [6.07, 6.45) is 2.75. The van der Waals surface area contributed by atoms with Crippen LogP contribution in [0.1, 0.15) is 52.4 Å². The Morgan fingerprint density at radius 2 is 1.96 bits per heavy atom. The van der Waals surface area contributed by atoms with Crippen LogP contribution in [0.4, 0.5) is 0 Å². The van der Waals surface area contributed by atoms with Crippen molar-refractivity contribution in [1.29, 1.82) is 0 Å². The molecule has 0 amide bonds. The molecule has 4 aliphatic carbocycles. The minimum absolute atomic E-state index is 0.0166. The largest absolute Gasteiger partial charge is 0.393 e. The Morgan fingerprint density at radius 3 is 2.63 bits per heavy atom. The first-order valence-corrected chi connectivity index (χ1v) is 10.1. The number of Topliss-reactive ketones (excluding diaryl/α,β-unsaturated/α-hetero) is 1. The summed E-state index contributed by atoms with van der Waals surface area (Å²) in [6.45, 7) is 3.18. The third-order valence-electron chi connectivity index (χ3n) is 8.67. The lowest BCUT2D eigenvalue weighted by Crippen LogP contribution is -2.63. The molecule has 0 aromatic carbocycles. The molecule has 3 saturated carbocycles. The van der Waals surface area contributed by atoms with Crippen LogP contribution in [0.2, 0.25) is 0 Å². The molecule has 0 radical (unpaired) electrons. The molecule has 0 aromatic rings. The second kappa shape index (κ2) is 5.96. The zero-order valence-electron chi connectivity index (χ0n) is 16.0. The fourth-order valence-electron chi connectivity index (χ4n) is 7.33. The van der Waals surface area contributed by atoms with E-state index in [2.05, 4.69) is 0 Å². The third-order valence-corrected chi connectivity index (χ3v) is 8.67. The second-order valence-electron chi connectivity index (χ2n) is 9.70. The highest BCUT2D eigenvalue weighted by Crippen LogP contribution is 2.67. The van der Waals surface area contributed by atoms with Gasteiger partial charge in [-0.1, -0.05) is 13.8 Å². The number of aliphatic hydroxyl groups is 4. The lowest BCUT2D eigenvalue weighted by Gasteiger charge is -2.61. The van der Waals surface area contributed by atoms with Gasteiger partial charge in [0, 0.05) is 11.8 Å². The molecule has 0 unspecified atom stereocenters. The SMILES string of the molecule is C[C@@]12CCC(=O)C=C1[C@H](O)C[C@H]1[C@H]2[C@H](O)C[C@]2(C)[C@@H]1CC[C@@]2(O)C(=O)CO. The van der Waals surface area contributed by atoms with Gasteiger partial charge in [0.2, 0.25) is 0 Å². The maximum Gasteiger partial charge on any atom is 0.190 e. The van der Waals surface area contributed by atoms with Crippen molar-refractivity contribution in [3.8, 4) is 0 Å². The first-order valence-electron chi connectivity index (χ1n) is 10.1. The number of hydrogen-bond acceptors (Lipinski definition) is 6. The molecule has 8 atom stereocenters. The second-order valence-corrected chi connectivity index (χ2v) is 9.70. The van der Waals surface area contributed by atoms with E-state index in [1.54, 1.807) is 6.08 Å². The van der Waals surface area contributed by atoms with Gasteiger partial charge in [0.15, 0.2) is 11.6 Å². The molecule has 0 bridgehead atoms. The molecule has 0 heterocycles. The lowest BCUT2D eigenvalue weighted by atomic mass is 9.45. The van der Waals surface area contributed by atoms with Gasteiger partial charge in [-0.2, -0.15) is 0 Å². The Morgan fingerprint density at radius 1 is 1.26 bits per heavy atom. The zero-order valence-corrected chi connectivity index (χ0v) is 16.0. The van der Waals surface area contributed by atoms with Crippen LogP contribution in [0.25, 0.3) is 0 Å². The van der Waals surface area contributed by atoms with Crippen LogP contribution in [0, 0.1) is 28.6 Å². The van der Waals surface area contributed by atoms with Crippen LogP contribution in [0.15, 0.2) is 11.6 Å². The minimum Gasteiger partial charge on any atom is -0.393 e. The van der Waals surface area contributed by atoms with Crippen molar-refractivity contribution < 1.29 is 30.0 Å². The summed E-state index contributed by atoms with van der Waals surface area (Å²) in [4.78, 5) is 24.3. The fraction of sp³-hybridized carbons (Fsp3) is 0.810. The first kappa shape index (κ1) is 19.2. The molecule has 150 valence electrons. The summed E-state index contributed by atoms with van der Waals surface area (Å²) >= 11 is 0. The Balaban J connectivity index is 1.77. The van der Waals surface area contributed by atoms with E-state index >= 15 is 0 Å². The summed E-state index contributed by atoms with van der Waals surface area (Å²) in [5.74, 6) is -0.713. The number of ketones is 2. The zero-order chi connectivity index (χ0) is 19.8. The number of hydrogen-bond donors (Lipinski definition) is 4. The van der Waals surface area contributed by atoms with Crippen molar-refractivity contribution in [1.82, 2.24) is 0 Å². The maximum atomic E-state index is 12.4. The van der Waals surface area contributed by atoms with Gasteiger partial charge in [0.25, 0.3) is 0 Å². The summed E-state index contributed by atoms with van der Waals surface area (Å²) in [5, 5.41) is 42.6. The van der Waals surface area contributed by atoms with E-state index in [4.69, 9.17) is 0 Å². The van der Waals surface area contributed by atoms with E-state index in [1.165, 1.54) is 0 Å². The highest BCUT2D eigenvalue weighted by atomic mass is 16.3. The highest BCUT2D eigenvalue weighted by molar-refractivity contribution is 5.92. The van der Waals surface area contributed by atoms with Crippen LogP contribution in [0.5, 0.6) is 0 Å². The monoisotopic (exact) mass is 378 g/mol. The Kier molecular flexibility index (Phi) is 4.25. The van der Waals surface area contributed by atoms with E-state index in [1.807, 2.05) is 13.8 Å². The van der Waals surface area contributed by atoms with Crippen LogP contribution >= 0.6 is 0 Å². The lowest BCUT2D eigenvalue weighted by molar-refractivity contribution is -0.187. The Hall–Kier alpha value is -1.08. The third kappa shape index (κ3) is 2.33. The molecular weight excluding hydrogens is 348 g/mol.